The van der Waals surface area contributed by atoms with Crippen LogP contribution in [-0.2, 0) is 18.3 Å². The van der Waals surface area contributed by atoms with Crippen molar-refractivity contribution < 1.29 is 9.53 Å². The minimum absolute atomic E-state index is 0.0271. The predicted octanol–water partition coefficient (Wildman–Crippen LogP) is 3.18. The van der Waals surface area contributed by atoms with Gasteiger partial charge in [-0.15, -0.1) is 0 Å². The van der Waals surface area contributed by atoms with Gasteiger partial charge in [0.2, 0.25) is 11.9 Å². The maximum Gasteiger partial charge on any atom is 0.229 e. The number of carbonyl (C=O) groups is 1. The molecule has 0 N–H and O–H groups in total. The first-order chi connectivity index (χ1) is 11.6. The largest absolute Gasteiger partial charge is 0.496 e. The Morgan fingerprint density at radius 3 is 2.62 bits per heavy atom. The standard InChI is InChI=1S/C19H21N3O2/c1-21-16-10-6-5-9-15(16)20-19(21)22(2)18(23)13-12-14-8-4-7-11-17(14)24-3/h4-11H,12-13H2,1-3H3. The molecule has 5 nitrogen and oxygen atoms in total. The highest BCUT2D eigenvalue weighted by molar-refractivity contribution is 5.93. The summed E-state index contributed by atoms with van der Waals surface area (Å²) in [6.07, 6.45) is 1.04. The van der Waals surface area contributed by atoms with Gasteiger partial charge in [0, 0.05) is 20.5 Å². The number of rotatable bonds is 5. The van der Waals surface area contributed by atoms with E-state index in [2.05, 4.69) is 4.98 Å². The first kappa shape index (κ1) is 16.1. The number of hydrogen-bond acceptors (Lipinski definition) is 3. The highest BCUT2D eigenvalue weighted by Gasteiger charge is 2.17. The van der Waals surface area contributed by atoms with Crippen molar-refractivity contribution >= 4 is 22.9 Å². The summed E-state index contributed by atoms with van der Waals surface area (Å²) in [6, 6.07) is 15.6. The number of aromatic nitrogens is 2. The van der Waals surface area contributed by atoms with E-state index in [1.165, 1.54) is 0 Å². The SMILES string of the molecule is COc1ccccc1CCC(=O)N(C)c1nc2ccccc2n1C. The first-order valence-electron chi connectivity index (χ1n) is 7.91. The average Bonchev–Trinajstić information content (AvgIpc) is 2.96. The van der Waals surface area contributed by atoms with Gasteiger partial charge >= 0.3 is 0 Å². The third-order valence-electron chi connectivity index (χ3n) is 4.24. The highest BCUT2D eigenvalue weighted by atomic mass is 16.5. The Bertz CT molecular complexity index is 870. The topological polar surface area (TPSA) is 47.4 Å². The summed E-state index contributed by atoms with van der Waals surface area (Å²) >= 11 is 0. The third kappa shape index (κ3) is 2.97. The van der Waals surface area contributed by atoms with Crippen LogP contribution in [0.15, 0.2) is 48.5 Å². The second-order valence-electron chi connectivity index (χ2n) is 5.72. The summed E-state index contributed by atoms with van der Waals surface area (Å²) in [5.74, 6) is 1.50. The van der Waals surface area contributed by atoms with Crippen molar-refractivity contribution in [2.24, 2.45) is 7.05 Å². The van der Waals surface area contributed by atoms with Crippen molar-refractivity contribution in [2.45, 2.75) is 12.8 Å². The zero-order valence-corrected chi connectivity index (χ0v) is 14.2. The maximum atomic E-state index is 12.6. The number of benzene rings is 2. The lowest BCUT2D eigenvalue weighted by Gasteiger charge is -2.17. The summed E-state index contributed by atoms with van der Waals surface area (Å²) in [5, 5.41) is 0. The van der Waals surface area contributed by atoms with Crippen LogP contribution >= 0.6 is 0 Å². The molecule has 0 atom stereocenters. The van der Waals surface area contributed by atoms with Gasteiger partial charge in [0.25, 0.3) is 0 Å². The molecule has 0 aliphatic heterocycles. The minimum Gasteiger partial charge on any atom is -0.496 e. The molecule has 3 rings (SSSR count). The molecule has 24 heavy (non-hydrogen) atoms. The van der Waals surface area contributed by atoms with Gasteiger partial charge in [0.1, 0.15) is 5.75 Å². The van der Waals surface area contributed by atoms with Crippen LogP contribution in [0.3, 0.4) is 0 Å². The number of amides is 1. The summed E-state index contributed by atoms with van der Waals surface area (Å²) in [4.78, 5) is 18.8. The number of fused-ring (bicyclic) bond motifs is 1. The summed E-state index contributed by atoms with van der Waals surface area (Å²) in [6.45, 7) is 0. The van der Waals surface area contributed by atoms with Gasteiger partial charge in [0.15, 0.2) is 0 Å². The number of aryl methyl sites for hydroxylation is 2. The van der Waals surface area contributed by atoms with Gasteiger partial charge in [0.05, 0.1) is 18.1 Å². The van der Waals surface area contributed by atoms with E-state index in [9.17, 15) is 4.79 Å². The van der Waals surface area contributed by atoms with E-state index in [0.717, 1.165) is 22.3 Å². The van der Waals surface area contributed by atoms with Gasteiger partial charge < -0.3 is 9.30 Å². The molecule has 1 heterocycles. The van der Waals surface area contributed by atoms with Gasteiger partial charge in [-0.05, 0) is 30.2 Å². The molecule has 0 saturated carbocycles. The molecule has 1 amide bonds. The van der Waals surface area contributed by atoms with E-state index < -0.39 is 0 Å². The number of hydrogen-bond donors (Lipinski definition) is 0. The molecular formula is C19H21N3O2. The molecule has 3 aromatic rings. The summed E-state index contributed by atoms with van der Waals surface area (Å²) in [5.41, 5.74) is 2.93. The van der Waals surface area contributed by atoms with Gasteiger partial charge in [-0.2, -0.15) is 0 Å². The van der Waals surface area contributed by atoms with Crippen molar-refractivity contribution in [3.63, 3.8) is 0 Å². The van der Waals surface area contributed by atoms with Gasteiger partial charge in [-0.1, -0.05) is 30.3 Å². The van der Waals surface area contributed by atoms with Crippen LogP contribution < -0.4 is 9.64 Å². The molecule has 5 heteroatoms. The second-order valence-corrected chi connectivity index (χ2v) is 5.72. The molecule has 1 aromatic heterocycles. The van der Waals surface area contributed by atoms with Gasteiger partial charge in [-0.3, -0.25) is 9.69 Å². The lowest BCUT2D eigenvalue weighted by atomic mass is 10.1. The molecule has 0 aliphatic carbocycles. The number of para-hydroxylation sites is 3. The molecule has 2 aromatic carbocycles. The molecule has 0 unspecified atom stereocenters. The fourth-order valence-electron chi connectivity index (χ4n) is 2.86. The Morgan fingerprint density at radius 1 is 1.17 bits per heavy atom. The zero-order valence-electron chi connectivity index (χ0n) is 14.2. The van der Waals surface area contributed by atoms with Gasteiger partial charge in [-0.25, -0.2) is 4.98 Å². The molecule has 0 fully saturated rings. The van der Waals surface area contributed by atoms with Crippen LogP contribution in [0.4, 0.5) is 5.95 Å². The molecule has 0 bridgehead atoms. The number of methoxy groups -OCH3 is 1. The van der Waals surface area contributed by atoms with Crippen molar-refractivity contribution in [1.29, 1.82) is 0 Å². The quantitative estimate of drug-likeness (QED) is 0.724. The van der Waals surface area contributed by atoms with Crippen LogP contribution in [0.5, 0.6) is 5.75 Å². The number of anilines is 1. The van der Waals surface area contributed by atoms with Crippen LogP contribution in [0, 0.1) is 0 Å². The van der Waals surface area contributed by atoms with E-state index in [4.69, 9.17) is 4.74 Å². The van der Waals surface area contributed by atoms with E-state index >= 15 is 0 Å². The fourth-order valence-corrected chi connectivity index (χ4v) is 2.86. The minimum atomic E-state index is 0.0271. The average molecular weight is 323 g/mol. The number of nitrogens with zero attached hydrogens (tertiary/aromatic N) is 3. The lowest BCUT2D eigenvalue weighted by Crippen LogP contribution is -2.28. The van der Waals surface area contributed by atoms with Crippen molar-refractivity contribution in [2.75, 3.05) is 19.1 Å². The van der Waals surface area contributed by atoms with E-state index in [0.29, 0.717) is 18.8 Å². The van der Waals surface area contributed by atoms with E-state index in [1.54, 1.807) is 19.1 Å². The molecule has 0 spiro atoms. The molecular weight excluding hydrogens is 302 g/mol. The first-order valence-corrected chi connectivity index (χ1v) is 7.91. The van der Waals surface area contributed by atoms with E-state index in [1.807, 2.05) is 60.1 Å². The molecule has 0 saturated heterocycles. The zero-order chi connectivity index (χ0) is 17.1. The second kappa shape index (κ2) is 6.74. The Labute approximate surface area is 141 Å². The van der Waals surface area contributed by atoms with Crippen LogP contribution in [0.1, 0.15) is 12.0 Å². The normalized spacial score (nSPS) is 10.8. The number of imidazole rings is 1. The summed E-state index contributed by atoms with van der Waals surface area (Å²) < 4.78 is 7.28. The molecule has 0 radical (unpaired) electrons. The van der Waals surface area contributed by atoms with Crippen molar-refractivity contribution in [3.8, 4) is 5.75 Å². The lowest BCUT2D eigenvalue weighted by molar-refractivity contribution is -0.118. The van der Waals surface area contributed by atoms with Crippen LogP contribution in [0.2, 0.25) is 0 Å². The Morgan fingerprint density at radius 2 is 1.88 bits per heavy atom. The Kier molecular flexibility index (Phi) is 4.51. The Hall–Kier alpha value is -2.82. The number of ether oxygens (including phenoxy) is 1. The smallest absolute Gasteiger partial charge is 0.229 e. The maximum absolute atomic E-state index is 12.6. The molecule has 124 valence electrons. The van der Waals surface area contributed by atoms with Crippen molar-refractivity contribution in [1.82, 2.24) is 9.55 Å². The number of carbonyl (C=O) groups excluding carboxylic acids is 1. The summed E-state index contributed by atoms with van der Waals surface area (Å²) in [7, 11) is 5.34. The van der Waals surface area contributed by atoms with E-state index in [-0.39, 0.29) is 5.91 Å². The highest BCUT2D eigenvalue weighted by Crippen LogP contribution is 2.22. The van der Waals surface area contributed by atoms with Crippen molar-refractivity contribution in [3.05, 3.63) is 54.1 Å². The predicted molar refractivity (Wildman–Crippen MR) is 95.4 cm³/mol. The Balaban J connectivity index is 1.75. The van der Waals surface area contributed by atoms with Crippen LogP contribution in [-0.4, -0.2) is 29.6 Å². The molecule has 0 aliphatic rings. The monoisotopic (exact) mass is 323 g/mol. The van der Waals surface area contributed by atoms with Crippen LogP contribution in [0.25, 0.3) is 11.0 Å². The fraction of sp³-hybridized carbons (Fsp3) is 0.263. The third-order valence-corrected chi connectivity index (χ3v) is 4.24.